The van der Waals surface area contributed by atoms with E-state index in [1.54, 1.807) is 6.07 Å². The first kappa shape index (κ1) is 4.74. The Morgan fingerprint density at radius 2 is 1.86 bits per heavy atom. The van der Waals surface area contributed by atoms with Crippen LogP contribution in [0.4, 0.5) is 0 Å². The van der Waals surface area contributed by atoms with Crippen molar-refractivity contribution in [2.45, 2.75) is 6.92 Å². The Labute approximate surface area is 91.7 Å². The van der Waals surface area contributed by atoms with Crippen LogP contribution in [-0.4, -0.2) is 0 Å². The van der Waals surface area contributed by atoms with Crippen molar-refractivity contribution in [2.24, 2.45) is 7.05 Å². The van der Waals surface area contributed by atoms with Crippen LogP contribution in [0, 0.1) is 6.92 Å². The molecule has 1 heterocycles. The highest BCUT2D eigenvalue weighted by atomic mass is 14.9. The third-order valence-corrected chi connectivity index (χ3v) is 2.19. The van der Waals surface area contributed by atoms with E-state index in [0.29, 0.717) is 5.56 Å². The summed E-state index contributed by atoms with van der Waals surface area (Å²) < 4.78 is 40.6. The number of hydrogen-bond donors (Lipinski definition) is 0. The van der Waals surface area contributed by atoms with Crippen molar-refractivity contribution < 1.29 is 11.4 Å². The van der Waals surface area contributed by atoms with Gasteiger partial charge in [0.1, 0.15) is 7.05 Å². The van der Waals surface area contributed by atoms with Gasteiger partial charge in [0.15, 0.2) is 11.9 Å². The molecule has 14 heavy (non-hydrogen) atoms. The molecule has 0 saturated carbocycles. The SMILES string of the molecule is [2H]c1c([2H])c([2H])c(-c2cc[n+](C)c(C)c2)c([2H])c1[2H]. The standard InChI is InChI=1S/C13H14N/c1-11-10-13(8-9-14(11)2)12-6-4-3-5-7-12/h3-10H,1-2H3/q+1/i3D,4D,5D,6D,7D. The first-order valence-electron chi connectivity index (χ1n) is 6.88. The summed E-state index contributed by atoms with van der Waals surface area (Å²) in [5, 5.41) is 0. The minimum Gasteiger partial charge on any atom is -0.205 e. The fraction of sp³-hybridized carbons (Fsp3) is 0.154. The monoisotopic (exact) mass is 189 g/mol. The number of nitrogens with zero attached hydrogens (tertiary/aromatic N) is 1. The molecular formula is C13H14N+. The van der Waals surface area contributed by atoms with Gasteiger partial charge < -0.3 is 0 Å². The van der Waals surface area contributed by atoms with E-state index >= 15 is 0 Å². The van der Waals surface area contributed by atoms with Gasteiger partial charge in [-0.05, 0) is 11.1 Å². The van der Waals surface area contributed by atoms with Crippen LogP contribution < -0.4 is 4.57 Å². The first-order chi connectivity index (χ1) is 8.84. The molecule has 70 valence electrons. The van der Waals surface area contributed by atoms with Crippen LogP contribution in [0.5, 0.6) is 0 Å². The number of aromatic nitrogens is 1. The van der Waals surface area contributed by atoms with Crippen LogP contribution >= 0.6 is 0 Å². The van der Waals surface area contributed by atoms with Crippen molar-refractivity contribution in [3.05, 3.63) is 54.2 Å². The van der Waals surface area contributed by atoms with Gasteiger partial charge in [0, 0.05) is 19.1 Å². The number of hydrogen-bond acceptors (Lipinski definition) is 0. The third kappa shape index (κ3) is 1.67. The van der Waals surface area contributed by atoms with E-state index in [9.17, 15) is 0 Å². The number of aryl methyl sites for hydroxylation is 2. The summed E-state index contributed by atoms with van der Waals surface area (Å²) in [6.45, 7) is 1.90. The van der Waals surface area contributed by atoms with Gasteiger partial charge in [0.2, 0.25) is 0 Å². The lowest BCUT2D eigenvalue weighted by molar-refractivity contribution is -0.677. The molecule has 0 aliphatic carbocycles. The molecule has 0 spiro atoms. The van der Waals surface area contributed by atoms with Gasteiger partial charge in [0.05, 0.1) is 6.85 Å². The zero-order valence-electron chi connectivity index (χ0n) is 13.2. The van der Waals surface area contributed by atoms with E-state index in [1.165, 1.54) is 0 Å². The second-order valence-electron chi connectivity index (χ2n) is 3.17. The predicted molar refractivity (Wildman–Crippen MR) is 57.8 cm³/mol. The van der Waals surface area contributed by atoms with Crippen molar-refractivity contribution in [3.8, 4) is 11.1 Å². The molecule has 0 amide bonds. The summed E-state index contributed by atoms with van der Waals surface area (Å²) in [4.78, 5) is 0. The maximum Gasteiger partial charge on any atom is 0.178 e. The zero-order valence-corrected chi connectivity index (χ0v) is 8.18. The van der Waals surface area contributed by atoms with Crippen LogP contribution in [0.25, 0.3) is 11.1 Å². The van der Waals surface area contributed by atoms with E-state index in [-0.39, 0.29) is 35.8 Å². The lowest BCUT2D eigenvalue weighted by Crippen LogP contribution is -2.30. The predicted octanol–water partition coefficient (Wildman–Crippen LogP) is 2.49. The molecule has 0 unspecified atom stereocenters. The van der Waals surface area contributed by atoms with Crippen LogP contribution in [0.1, 0.15) is 12.5 Å². The van der Waals surface area contributed by atoms with Gasteiger partial charge in [-0.25, -0.2) is 4.57 Å². The number of pyridine rings is 1. The Morgan fingerprint density at radius 3 is 2.50 bits per heavy atom. The molecule has 0 aliphatic heterocycles. The first-order valence-corrected chi connectivity index (χ1v) is 4.38. The molecule has 0 bridgehead atoms. The van der Waals surface area contributed by atoms with Crippen molar-refractivity contribution in [2.75, 3.05) is 0 Å². The molecule has 0 radical (unpaired) electrons. The van der Waals surface area contributed by atoms with Crippen molar-refractivity contribution in [1.82, 2.24) is 0 Å². The minimum atomic E-state index is -0.364. The average Bonchev–Trinajstić information content (AvgIpc) is 2.38. The fourth-order valence-electron chi connectivity index (χ4n) is 1.23. The Kier molecular flexibility index (Phi) is 1.23. The highest BCUT2D eigenvalue weighted by Crippen LogP contribution is 2.17. The van der Waals surface area contributed by atoms with Gasteiger partial charge >= 0.3 is 0 Å². The maximum atomic E-state index is 7.92. The lowest BCUT2D eigenvalue weighted by Gasteiger charge is -2.00. The van der Waals surface area contributed by atoms with E-state index in [1.807, 2.05) is 30.8 Å². The molecule has 0 saturated heterocycles. The van der Waals surface area contributed by atoms with Gasteiger partial charge in [-0.3, -0.25) is 0 Å². The van der Waals surface area contributed by atoms with E-state index in [2.05, 4.69) is 0 Å². The molecule has 1 aromatic heterocycles. The van der Waals surface area contributed by atoms with Gasteiger partial charge in [-0.2, -0.15) is 0 Å². The summed E-state index contributed by atoms with van der Waals surface area (Å²) in [5.41, 5.74) is 1.83. The molecule has 2 aromatic rings. The van der Waals surface area contributed by atoms with Crippen LogP contribution in [0.2, 0.25) is 0 Å². The molecule has 0 N–H and O–H groups in total. The summed E-state index contributed by atoms with van der Waals surface area (Å²) in [6, 6.07) is 2.26. The molecule has 0 atom stereocenters. The van der Waals surface area contributed by atoms with Crippen molar-refractivity contribution in [1.29, 1.82) is 0 Å². The van der Waals surface area contributed by atoms with Gasteiger partial charge in [-0.15, -0.1) is 0 Å². The normalized spacial score (nSPS) is 15.1. The Balaban J connectivity index is 2.79. The topological polar surface area (TPSA) is 3.88 Å². The van der Waals surface area contributed by atoms with E-state index in [4.69, 9.17) is 6.85 Å². The lowest BCUT2D eigenvalue weighted by atomic mass is 10.1. The molecular weight excluding hydrogens is 170 g/mol. The highest BCUT2D eigenvalue weighted by Gasteiger charge is 2.02. The summed E-state index contributed by atoms with van der Waals surface area (Å²) >= 11 is 0. The molecule has 1 heteroatoms. The molecule has 1 nitrogen and oxygen atoms in total. The van der Waals surface area contributed by atoms with Crippen LogP contribution in [-0.2, 0) is 7.05 Å². The molecule has 0 fully saturated rings. The van der Waals surface area contributed by atoms with Crippen molar-refractivity contribution in [3.63, 3.8) is 0 Å². The number of rotatable bonds is 1. The number of benzene rings is 1. The second-order valence-corrected chi connectivity index (χ2v) is 3.17. The summed E-state index contributed by atoms with van der Waals surface area (Å²) in [5.74, 6) is 0. The van der Waals surface area contributed by atoms with Crippen LogP contribution in [0.3, 0.4) is 0 Å². The highest BCUT2D eigenvalue weighted by molar-refractivity contribution is 5.62. The Bertz CT molecular complexity index is 638. The van der Waals surface area contributed by atoms with Crippen molar-refractivity contribution >= 4 is 0 Å². The van der Waals surface area contributed by atoms with Crippen LogP contribution in [0.15, 0.2) is 48.5 Å². The van der Waals surface area contributed by atoms with Gasteiger partial charge in [-0.1, -0.05) is 30.2 Å². The Hall–Kier alpha value is -1.63. The maximum absolute atomic E-state index is 7.92. The zero-order chi connectivity index (χ0) is 14.3. The van der Waals surface area contributed by atoms with E-state index in [0.717, 1.165) is 5.69 Å². The van der Waals surface area contributed by atoms with Gasteiger partial charge in [0.25, 0.3) is 0 Å². The average molecular weight is 189 g/mol. The fourth-order valence-corrected chi connectivity index (χ4v) is 1.23. The third-order valence-electron chi connectivity index (χ3n) is 2.19. The molecule has 0 aliphatic rings. The smallest absolute Gasteiger partial charge is 0.178 e. The summed E-state index contributed by atoms with van der Waals surface area (Å²) in [7, 11) is 1.89. The Morgan fingerprint density at radius 1 is 1.14 bits per heavy atom. The largest absolute Gasteiger partial charge is 0.205 e. The second kappa shape index (κ2) is 3.62. The van der Waals surface area contributed by atoms with E-state index < -0.39 is 0 Å². The quantitative estimate of drug-likeness (QED) is 0.607. The molecule has 2 rings (SSSR count). The summed E-state index contributed by atoms with van der Waals surface area (Å²) in [6.07, 6.45) is 1.81. The minimum absolute atomic E-state index is 0.167. The molecule has 1 aromatic carbocycles.